The lowest BCUT2D eigenvalue weighted by atomic mass is 10.1. The summed E-state index contributed by atoms with van der Waals surface area (Å²) in [7, 11) is 3.82. The molecule has 0 saturated heterocycles. The number of nitrogens with zero attached hydrogens (tertiary/aromatic N) is 3. The Bertz CT molecular complexity index is 1010. The van der Waals surface area contributed by atoms with Crippen LogP contribution >= 0.6 is 0 Å². The van der Waals surface area contributed by atoms with Gasteiger partial charge in [0.05, 0.1) is 0 Å². The third kappa shape index (κ3) is 4.25. The van der Waals surface area contributed by atoms with Gasteiger partial charge in [0, 0.05) is 52.4 Å². The molecule has 0 N–H and O–H groups in total. The zero-order valence-corrected chi connectivity index (χ0v) is 16.9. The van der Waals surface area contributed by atoms with E-state index in [2.05, 4.69) is 4.90 Å². The quantitative estimate of drug-likeness (QED) is 0.658. The SMILES string of the molecule is CN(Cc1ccccc1)C(=O)c1cc2c(n1C)CCN(Cc1cccc(F)c1)C2. The van der Waals surface area contributed by atoms with Gasteiger partial charge in [0.2, 0.25) is 0 Å². The second kappa shape index (κ2) is 8.21. The van der Waals surface area contributed by atoms with Crippen LogP contribution in [-0.2, 0) is 33.1 Å². The van der Waals surface area contributed by atoms with Crippen LogP contribution < -0.4 is 0 Å². The lowest BCUT2D eigenvalue weighted by Gasteiger charge is -2.27. The summed E-state index contributed by atoms with van der Waals surface area (Å²) in [5.74, 6) is -0.170. The maximum atomic E-state index is 13.5. The summed E-state index contributed by atoms with van der Waals surface area (Å²) in [6.07, 6.45) is 0.886. The number of carbonyl (C=O) groups excluding carboxylic acids is 1. The van der Waals surface area contributed by atoms with Crippen molar-refractivity contribution < 1.29 is 9.18 Å². The van der Waals surface area contributed by atoms with Crippen LogP contribution in [0.5, 0.6) is 0 Å². The van der Waals surface area contributed by atoms with Gasteiger partial charge in [-0.2, -0.15) is 0 Å². The number of carbonyl (C=O) groups is 1. The molecule has 0 unspecified atom stereocenters. The Kier molecular flexibility index (Phi) is 5.49. The monoisotopic (exact) mass is 391 g/mol. The molecule has 0 spiro atoms. The molecule has 1 amide bonds. The molecular weight excluding hydrogens is 365 g/mol. The summed E-state index contributed by atoms with van der Waals surface area (Å²) in [6, 6.07) is 18.8. The van der Waals surface area contributed by atoms with Gasteiger partial charge in [0.25, 0.3) is 5.91 Å². The van der Waals surface area contributed by atoms with Gasteiger partial charge in [-0.1, -0.05) is 42.5 Å². The maximum absolute atomic E-state index is 13.5. The summed E-state index contributed by atoms with van der Waals surface area (Å²) < 4.78 is 15.5. The van der Waals surface area contributed by atoms with Gasteiger partial charge >= 0.3 is 0 Å². The molecule has 3 aromatic rings. The van der Waals surface area contributed by atoms with Crippen molar-refractivity contribution in [3.8, 4) is 0 Å². The molecule has 0 bridgehead atoms. The topological polar surface area (TPSA) is 28.5 Å². The van der Waals surface area contributed by atoms with Gasteiger partial charge in [-0.3, -0.25) is 9.69 Å². The van der Waals surface area contributed by atoms with E-state index in [0.29, 0.717) is 13.1 Å². The number of hydrogen-bond acceptors (Lipinski definition) is 2. The lowest BCUT2D eigenvalue weighted by Crippen LogP contribution is -2.30. The standard InChI is InChI=1S/C24H26FN3O/c1-26(15-18-7-4-3-5-8-18)24(29)23-14-20-17-28(12-11-22(20)27(23)2)16-19-9-6-10-21(25)13-19/h3-10,13-14H,11-12,15-17H2,1-2H3. The largest absolute Gasteiger partial charge is 0.343 e. The molecule has 0 fully saturated rings. The summed E-state index contributed by atoms with van der Waals surface area (Å²) >= 11 is 0. The normalized spacial score (nSPS) is 13.9. The van der Waals surface area contributed by atoms with E-state index in [0.717, 1.165) is 36.3 Å². The molecule has 0 aliphatic carbocycles. The Morgan fingerprint density at radius 2 is 1.83 bits per heavy atom. The third-order valence-corrected chi connectivity index (χ3v) is 5.63. The van der Waals surface area contributed by atoms with E-state index in [1.54, 1.807) is 17.0 Å². The van der Waals surface area contributed by atoms with E-state index in [-0.39, 0.29) is 11.7 Å². The fourth-order valence-electron chi connectivity index (χ4n) is 4.11. The first-order valence-corrected chi connectivity index (χ1v) is 9.95. The highest BCUT2D eigenvalue weighted by atomic mass is 19.1. The summed E-state index contributed by atoms with van der Waals surface area (Å²) in [5, 5.41) is 0. The molecule has 0 atom stereocenters. The predicted octanol–water partition coefficient (Wildman–Crippen LogP) is 3.99. The molecule has 1 aromatic heterocycles. The van der Waals surface area contributed by atoms with E-state index < -0.39 is 0 Å². The van der Waals surface area contributed by atoms with E-state index in [4.69, 9.17) is 0 Å². The summed E-state index contributed by atoms with van der Waals surface area (Å²) in [6.45, 7) is 2.97. The molecule has 1 aliphatic heterocycles. The Balaban J connectivity index is 1.48. The van der Waals surface area contributed by atoms with Crippen molar-refractivity contribution in [1.82, 2.24) is 14.4 Å². The van der Waals surface area contributed by atoms with E-state index in [1.165, 1.54) is 17.3 Å². The van der Waals surface area contributed by atoms with E-state index in [1.807, 2.05) is 61.1 Å². The highest BCUT2D eigenvalue weighted by Gasteiger charge is 2.25. The van der Waals surface area contributed by atoms with E-state index in [9.17, 15) is 9.18 Å². The number of hydrogen-bond donors (Lipinski definition) is 0. The molecule has 1 aliphatic rings. The minimum Gasteiger partial charge on any atom is -0.343 e. The van der Waals surface area contributed by atoms with Crippen LogP contribution in [0.3, 0.4) is 0 Å². The van der Waals surface area contributed by atoms with Crippen LogP contribution in [-0.4, -0.2) is 33.9 Å². The number of benzene rings is 2. The molecule has 29 heavy (non-hydrogen) atoms. The Morgan fingerprint density at radius 3 is 2.59 bits per heavy atom. The van der Waals surface area contributed by atoms with Gasteiger partial charge in [-0.05, 0) is 34.9 Å². The number of fused-ring (bicyclic) bond motifs is 1. The third-order valence-electron chi connectivity index (χ3n) is 5.63. The highest BCUT2D eigenvalue weighted by molar-refractivity contribution is 5.93. The zero-order chi connectivity index (χ0) is 20.4. The molecule has 0 saturated carbocycles. The van der Waals surface area contributed by atoms with Crippen molar-refractivity contribution in [1.29, 1.82) is 0 Å². The fourth-order valence-corrected chi connectivity index (χ4v) is 4.11. The summed E-state index contributed by atoms with van der Waals surface area (Å²) in [5.41, 5.74) is 5.22. The van der Waals surface area contributed by atoms with Gasteiger partial charge in [-0.15, -0.1) is 0 Å². The number of halogens is 1. The number of amides is 1. The molecule has 150 valence electrons. The van der Waals surface area contributed by atoms with Crippen LogP contribution in [0.15, 0.2) is 60.7 Å². The van der Waals surface area contributed by atoms with Gasteiger partial charge in [0.1, 0.15) is 11.5 Å². The first kappa shape index (κ1) is 19.4. The first-order valence-electron chi connectivity index (χ1n) is 9.95. The molecule has 5 heteroatoms. The molecule has 4 rings (SSSR count). The highest BCUT2D eigenvalue weighted by Crippen LogP contribution is 2.25. The van der Waals surface area contributed by atoms with Gasteiger partial charge < -0.3 is 9.47 Å². The van der Waals surface area contributed by atoms with Crippen LogP contribution in [0.25, 0.3) is 0 Å². The average Bonchev–Trinajstić information content (AvgIpc) is 3.04. The van der Waals surface area contributed by atoms with Crippen LogP contribution in [0.2, 0.25) is 0 Å². The fraction of sp³-hybridized carbons (Fsp3) is 0.292. The average molecular weight is 391 g/mol. The lowest BCUT2D eigenvalue weighted by molar-refractivity contribution is 0.0775. The van der Waals surface area contributed by atoms with Gasteiger partial charge in [-0.25, -0.2) is 4.39 Å². The predicted molar refractivity (Wildman–Crippen MR) is 112 cm³/mol. The van der Waals surface area contributed by atoms with Gasteiger partial charge in [0.15, 0.2) is 0 Å². The molecule has 2 aromatic carbocycles. The summed E-state index contributed by atoms with van der Waals surface area (Å²) in [4.78, 5) is 17.1. The minimum atomic E-state index is -0.200. The Labute approximate surface area is 171 Å². The van der Waals surface area contributed by atoms with Crippen molar-refractivity contribution in [3.63, 3.8) is 0 Å². The van der Waals surface area contributed by atoms with Crippen LogP contribution in [0.1, 0.15) is 32.9 Å². The van der Waals surface area contributed by atoms with Crippen LogP contribution in [0, 0.1) is 5.82 Å². The number of aromatic nitrogens is 1. The molecule has 4 nitrogen and oxygen atoms in total. The Hall–Kier alpha value is -2.92. The minimum absolute atomic E-state index is 0.0300. The maximum Gasteiger partial charge on any atom is 0.270 e. The molecule has 2 heterocycles. The first-order chi connectivity index (χ1) is 14.0. The van der Waals surface area contributed by atoms with Crippen molar-refractivity contribution in [2.24, 2.45) is 7.05 Å². The smallest absolute Gasteiger partial charge is 0.270 e. The number of rotatable bonds is 5. The van der Waals surface area contributed by atoms with Crippen molar-refractivity contribution in [2.45, 2.75) is 26.1 Å². The van der Waals surface area contributed by atoms with E-state index >= 15 is 0 Å². The van der Waals surface area contributed by atoms with Crippen LogP contribution in [0.4, 0.5) is 4.39 Å². The second-order valence-corrected chi connectivity index (χ2v) is 7.80. The van der Waals surface area contributed by atoms with Crippen molar-refractivity contribution in [3.05, 3.63) is 94.6 Å². The Morgan fingerprint density at radius 1 is 1.07 bits per heavy atom. The zero-order valence-electron chi connectivity index (χ0n) is 16.9. The second-order valence-electron chi connectivity index (χ2n) is 7.80. The molecular formula is C24H26FN3O. The van der Waals surface area contributed by atoms with Crippen molar-refractivity contribution in [2.75, 3.05) is 13.6 Å². The molecule has 0 radical (unpaired) electrons. The van der Waals surface area contributed by atoms with Crippen molar-refractivity contribution >= 4 is 5.91 Å².